The highest BCUT2D eigenvalue weighted by Gasteiger charge is 2.22. The molecule has 0 bridgehead atoms. The first kappa shape index (κ1) is 5.75. The highest BCUT2D eigenvalue weighted by Crippen LogP contribution is 2.03. The molecule has 1 heterocycles. The van der Waals surface area contributed by atoms with Crippen LogP contribution < -0.4 is 4.72 Å². The molecular weight excluding hydrogens is 124 g/mol. The lowest BCUT2D eigenvalue weighted by atomic mass is 11.0. The molecule has 46 valence electrons. The summed E-state index contributed by atoms with van der Waals surface area (Å²) in [5.41, 5.74) is 0. The number of nitrogens with one attached hydrogen (secondary N) is 1. The van der Waals surface area contributed by atoms with E-state index >= 15 is 0 Å². The lowest BCUT2D eigenvalue weighted by molar-refractivity contribution is 0.236. The van der Waals surface area contributed by atoms with Gasteiger partial charge in [0.15, 0.2) is 0 Å². The molecule has 1 N–H and O–H groups in total. The van der Waals surface area contributed by atoms with Gasteiger partial charge in [0.2, 0.25) is 0 Å². The molecule has 1 aliphatic rings. The Morgan fingerprint density at radius 2 is 2.38 bits per heavy atom. The topological polar surface area (TPSA) is 32.1 Å². The van der Waals surface area contributed by atoms with Crippen molar-refractivity contribution in [3.8, 4) is 0 Å². The molecule has 1 saturated heterocycles. The Hall–Kier alpha value is -0.380. The normalized spacial score (nSPS) is 15.9. The Morgan fingerprint density at radius 3 is 2.75 bits per heavy atom. The average molecular weight is 132 g/mol. The van der Waals surface area contributed by atoms with Crippen molar-refractivity contribution in [3.63, 3.8) is 0 Å². The molecule has 3 nitrogen and oxygen atoms in total. The van der Waals surface area contributed by atoms with Crippen molar-refractivity contribution in [3.05, 3.63) is 0 Å². The maximum absolute atomic E-state index is 10.6. The Balaban J connectivity index is 2.13. The molecule has 0 spiro atoms. The summed E-state index contributed by atoms with van der Waals surface area (Å²) in [7, 11) is 0. The summed E-state index contributed by atoms with van der Waals surface area (Å²) in [6, 6.07) is 0.0394. The van der Waals surface area contributed by atoms with Gasteiger partial charge in [0.05, 0.1) is 0 Å². The molecule has 0 radical (unpaired) electrons. The van der Waals surface area contributed by atoms with Gasteiger partial charge in [-0.2, -0.15) is 0 Å². The van der Waals surface area contributed by atoms with Crippen molar-refractivity contribution in [1.82, 2.24) is 9.62 Å². The highest BCUT2D eigenvalue weighted by molar-refractivity contribution is 7.97. The predicted molar refractivity (Wildman–Crippen MR) is 33.6 cm³/mol. The van der Waals surface area contributed by atoms with E-state index in [2.05, 4.69) is 4.72 Å². The van der Waals surface area contributed by atoms with Crippen LogP contribution in [0.2, 0.25) is 0 Å². The number of carbonyl (C=O) groups is 1. The number of hydrogen-bond acceptors (Lipinski definition) is 2. The molecular formula is C4H8N2OS. The van der Waals surface area contributed by atoms with Crippen molar-refractivity contribution >= 4 is 18.0 Å². The minimum atomic E-state index is 0.0394. The minimum absolute atomic E-state index is 0.0394. The van der Waals surface area contributed by atoms with Gasteiger partial charge in [-0.15, -0.1) is 0 Å². The number of hydrogen-bond donors (Lipinski definition) is 1. The minimum Gasteiger partial charge on any atom is -0.321 e. The number of rotatable bonds is 1. The third-order valence-electron chi connectivity index (χ3n) is 0.924. The van der Waals surface area contributed by atoms with Gasteiger partial charge in [0.25, 0.3) is 0 Å². The van der Waals surface area contributed by atoms with E-state index in [9.17, 15) is 4.79 Å². The average Bonchev–Trinajstić information content (AvgIpc) is 2.45. The van der Waals surface area contributed by atoms with Gasteiger partial charge >= 0.3 is 6.03 Å². The monoisotopic (exact) mass is 132 g/mol. The maximum atomic E-state index is 10.6. The van der Waals surface area contributed by atoms with Crippen LogP contribution in [0.5, 0.6) is 0 Å². The summed E-state index contributed by atoms with van der Waals surface area (Å²) in [6.45, 7) is 1.85. The van der Waals surface area contributed by atoms with E-state index < -0.39 is 0 Å². The second-order valence-electron chi connectivity index (χ2n) is 1.60. The van der Waals surface area contributed by atoms with Crippen LogP contribution in [0, 0.1) is 0 Å². The number of urea groups is 1. The van der Waals surface area contributed by atoms with E-state index in [1.807, 2.05) is 6.26 Å². The fourth-order valence-corrected chi connectivity index (χ4v) is 0.709. The lowest BCUT2D eigenvalue weighted by Crippen LogP contribution is -2.21. The zero-order chi connectivity index (χ0) is 5.98. The van der Waals surface area contributed by atoms with Gasteiger partial charge in [-0.1, -0.05) is 11.9 Å². The third kappa shape index (κ3) is 1.30. The van der Waals surface area contributed by atoms with Crippen LogP contribution in [0.15, 0.2) is 0 Å². The maximum Gasteiger partial charge on any atom is 0.327 e. The van der Waals surface area contributed by atoms with Crippen LogP contribution in [-0.4, -0.2) is 30.3 Å². The van der Waals surface area contributed by atoms with Gasteiger partial charge in [0, 0.05) is 19.3 Å². The number of carbonyl (C=O) groups excluding carboxylic acids is 1. The quantitative estimate of drug-likeness (QED) is 0.411. The van der Waals surface area contributed by atoms with Crippen molar-refractivity contribution in [1.29, 1.82) is 0 Å². The van der Waals surface area contributed by atoms with E-state index in [0.717, 1.165) is 13.1 Å². The molecule has 2 amide bonds. The summed E-state index contributed by atoms with van der Waals surface area (Å²) < 4.78 is 2.61. The molecule has 1 aliphatic heterocycles. The number of amides is 2. The van der Waals surface area contributed by atoms with E-state index in [-0.39, 0.29) is 6.03 Å². The summed E-state index contributed by atoms with van der Waals surface area (Å²) >= 11 is 1.34. The van der Waals surface area contributed by atoms with E-state index in [4.69, 9.17) is 0 Å². The van der Waals surface area contributed by atoms with Crippen LogP contribution in [0.25, 0.3) is 0 Å². The zero-order valence-electron chi connectivity index (χ0n) is 4.68. The van der Waals surface area contributed by atoms with E-state index in [1.54, 1.807) is 4.90 Å². The first-order chi connectivity index (χ1) is 3.84. The van der Waals surface area contributed by atoms with Crippen LogP contribution in [0.3, 0.4) is 0 Å². The Labute approximate surface area is 52.6 Å². The molecule has 0 atom stereocenters. The largest absolute Gasteiger partial charge is 0.327 e. The molecule has 1 rings (SSSR count). The summed E-state index contributed by atoms with van der Waals surface area (Å²) in [6.07, 6.45) is 1.83. The molecule has 0 saturated carbocycles. The Kier molecular flexibility index (Phi) is 1.62. The van der Waals surface area contributed by atoms with Crippen LogP contribution in [0.4, 0.5) is 4.79 Å². The molecule has 1 fully saturated rings. The van der Waals surface area contributed by atoms with E-state index in [1.165, 1.54) is 11.9 Å². The van der Waals surface area contributed by atoms with Crippen LogP contribution in [-0.2, 0) is 0 Å². The SMILES string of the molecule is CSNC(=O)N1CC1. The standard InChI is InChI=1S/C4H8N2OS/c1-8-5-4(7)6-2-3-6/h2-3H2,1H3,(H,5,7). The van der Waals surface area contributed by atoms with Gasteiger partial charge < -0.3 is 4.90 Å². The molecule has 0 aromatic carbocycles. The molecule has 8 heavy (non-hydrogen) atoms. The smallest absolute Gasteiger partial charge is 0.321 e. The molecule has 0 unspecified atom stereocenters. The number of nitrogens with zero attached hydrogens (tertiary/aromatic N) is 1. The first-order valence-electron chi connectivity index (χ1n) is 2.42. The molecule has 0 aromatic heterocycles. The predicted octanol–water partition coefficient (Wildman–Crippen LogP) is 0.290. The van der Waals surface area contributed by atoms with Crippen molar-refractivity contribution in [2.24, 2.45) is 0 Å². The van der Waals surface area contributed by atoms with Gasteiger partial charge in [0.1, 0.15) is 0 Å². The van der Waals surface area contributed by atoms with Crippen molar-refractivity contribution in [2.45, 2.75) is 0 Å². The van der Waals surface area contributed by atoms with Crippen LogP contribution >= 0.6 is 11.9 Å². The fraction of sp³-hybridized carbons (Fsp3) is 0.750. The zero-order valence-corrected chi connectivity index (χ0v) is 5.49. The summed E-state index contributed by atoms with van der Waals surface area (Å²) in [4.78, 5) is 12.3. The van der Waals surface area contributed by atoms with Gasteiger partial charge in [-0.3, -0.25) is 4.72 Å². The van der Waals surface area contributed by atoms with Gasteiger partial charge in [-0.25, -0.2) is 4.79 Å². The Bertz CT molecular complexity index is 102. The highest BCUT2D eigenvalue weighted by atomic mass is 32.2. The van der Waals surface area contributed by atoms with Gasteiger partial charge in [-0.05, 0) is 0 Å². The molecule has 4 heteroatoms. The fourth-order valence-electron chi connectivity index (χ4n) is 0.405. The lowest BCUT2D eigenvalue weighted by Gasteiger charge is -1.98. The summed E-state index contributed by atoms with van der Waals surface area (Å²) in [5, 5.41) is 0. The van der Waals surface area contributed by atoms with Crippen LogP contribution in [0.1, 0.15) is 0 Å². The second-order valence-corrected chi connectivity index (χ2v) is 2.21. The van der Waals surface area contributed by atoms with E-state index in [0.29, 0.717) is 0 Å². The molecule has 0 aliphatic carbocycles. The third-order valence-corrected chi connectivity index (χ3v) is 1.30. The summed E-state index contributed by atoms with van der Waals surface area (Å²) in [5.74, 6) is 0. The first-order valence-corrected chi connectivity index (χ1v) is 3.65. The van der Waals surface area contributed by atoms with Crippen molar-refractivity contribution in [2.75, 3.05) is 19.3 Å². The molecule has 0 aromatic rings. The Morgan fingerprint density at radius 1 is 1.75 bits per heavy atom. The second kappa shape index (κ2) is 2.26. The van der Waals surface area contributed by atoms with Crippen molar-refractivity contribution < 1.29 is 4.79 Å².